The molecule has 0 aromatic heterocycles. The number of hydrogen-bond acceptors (Lipinski definition) is 4. The molecule has 0 saturated heterocycles. The normalized spacial score (nSPS) is 16.4. The predicted octanol–water partition coefficient (Wildman–Crippen LogP) is 1.91. The topological polar surface area (TPSA) is 79.0 Å². The van der Waals surface area contributed by atoms with Crippen molar-refractivity contribution in [2.24, 2.45) is 0 Å². The Bertz CT molecular complexity index is 449. The predicted molar refractivity (Wildman–Crippen MR) is 57.6 cm³/mol. The highest BCUT2D eigenvalue weighted by molar-refractivity contribution is 5.44. The van der Waals surface area contributed by atoms with Crippen LogP contribution in [0.4, 0.5) is 5.69 Å². The maximum absolute atomic E-state index is 10.8. The Labute approximate surface area is 92.8 Å². The van der Waals surface area contributed by atoms with E-state index in [4.69, 9.17) is 5.26 Å². The molecule has 1 aliphatic rings. The summed E-state index contributed by atoms with van der Waals surface area (Å²) >= 11 is 0. The van der Waals surface area contributed by atoms with Crippen LogP contribution in [0.5, 0.6) is 0 Å². The summed E-state index contributed by atoms with van der Waals surface area (Å²) in [5.74, 6) is 0. The van der Waals surface area contributed by atoms with E-state index in [1.807, 2.05) is 0 Å². The number of rotatable bonds is 4. The molecule has 1 aromatic rings. The van der Waals surface area contributed by atoms with Gasteiger partial charge in [0.05, 0.1) is 16.6 Å². The van der Waals surface area contributed by atoms with E-state index in [0.717, 1.165) is 12.8 Å². The maximum Gasteiger partial charge on any atom is 0.275 e. The van der Waals surface area contributed by atoms with E-state index in [1.165, 1.54) is 6.07 Å². The van der Waals surface area contributed by atoms with Crippen molar-refractivity contribution in [1.82, 2.24) is 5.32 Å². The van der Waals surface area contributed by atoms with Crippen molar-refractivity contribution >= 4 is 5.69 Å². The van der Waals surface area contributed by atoms with Crippen LogP contribution >= 0.6 is 0 Å². The van der Waals surface area contributed by atoms with Crippen molar-refractivity contribution in [3.63, 3.8) is 0 Å². The largest absolute Gasteiger partial charge is 0.295 e. The number of nitrogens with zero attached hydrogens (tertiary/aromatic N) is 2. The quantitative estimate of drug-likeness (QED) is 0.617. The second-order valence-electron chi connectivity index (χ2n) is 3.82. The van der Waals surface area contributed by atoms with E-state index in [0.29, 0.717) is 11.6 Å². The zero-order valence-electron chi connectivity index (χ0n) is 8.59. The summed E-state index contributed by atoms with van der Waals surface area (Å²) in [6.45, 7) is 0. The average molecular weight is 217 g/mol. The minimum Gasteiger partial charge on any atom is -0.295 e. The monoisotopic (exact) mass is 217 g/mol. The molecule has 16 heavy (non-hydrogen) atoms. The molecule has 1 fully saturated rings. The van der Waals surface area contributed by atoms with Crippen LogP contribution in [0.25, 0.3) is 0 Å². The number of para-hydroxylation sites is 1. The van der Waals surface area contributed by atoms with Gasteiger partial charge in [-0.25, -0.2) is 0 Å². The van der Waals surface area contributed by atoms with E-state index in [-0.39, 0.29) is 5.69 Å². The van der Waals surface area contributed by atoms with Gasteiger partial charge in [0.1, 0.15) is 6.04 Å². The number of nitro benzene ring substituents is 1. The first-order valence-electron chi connectivity index (χ1n) is 5.11. The fourth-order valence-electron chi connectivity index (χ4n) is 1.58. The molecule has 2 rings (SSSR count). The van der Waals surface area contributed by atoms with Gasteiger partial charge in [-0.15, -0.1) is 0 Å². The summed E-state index contributed by atoms with van der Waals surface area (Å²) in [4.78, 5) is 10.4. The van der Waals surface area contributed by atoms with E-state index in [1.54, 1.807) is 18.2 Å². The highest BCUT2D eigenvalue weighted by atomic mass is 16.6. The van der Waals surface area contributed by atoms with Crippen LogP contribution in [0.15, 0.2) is 24.3 Å². The SMILES string of the molecule is N#CC(NC1CC1)c1ccccc1[N+](=O)[O-]. The van der Waals surface area contributed by atoms with Gasteiger partial charge >= 0.3 is 0 Å². The van der Waals surface area contributed by atoms with Crippen LogP contribution in [-0.2, 0) is 0 Å². The fraction of sp³-hybridized carbons (Fsp3) is 0.364. The van der Waals surface area contributed by atoms with Crippen LogP contribution in [0.3, 0.4) is 0 Å². The van der Waals surface area contributed by atoms with Crippen LogP contribution in [0, 0.1) is 21.4 Å². The highest BCUT2D eigenvalue weighted by Crippen LogP contribution is 2.28. The first-order valence-corrected chi connectivity index (χ1v) is 5.11. The zero-order chi connectivity index (χ0) is 11.5. The molecule has 0 amide bonds. The molecule has 1 unspecified atom stereocenters. The molecular weight excluding hydrogens is 206 g/mol. The second-order valence-corrected chi connectivity index (χ2v) is 3.82. The third kappa shape index (κ3) is 2.18. The zero-order valence-corrected chi connectivity index (χ0v) is 8.59. The lowest BCUT2D eigenvalue weighted by Crippen LogP contribution is -2.22. The lowest BCUT2D eigenvalue weighted by Gasteiger charge is -2.10. The summed E-state index contributed by atoms with van der Waals surface area (Å²) in [5, 5.41) is 22.9. The van der Waals surface area contributed by atoms with Crippen LogP contribution in [-0.4, -0.2) is 11.0 Å². The Balaban J connectivity index is 2.29. The summed E-state index contributed by atoms with van der Waals surface area (Å²) in [6, 6.07) is 8.18. The molecule has 0 heterocycles. The summed E-state index contributed by atoms with van der Waals surface area (Å²) in [7, 11) is 0. The molecule has 1 N–H and O–H groups in total. The maximum atomic E-state index is 10.8. The summed E-state index contributed by atoms with van der Waals surface area (Å²) in [5.41, 5.74) is 0.448. The van der Waals surface area contributed by atoms with Gasteiger partial charge in [-0.05, 0) is 18.9 Å². The Morgan fingerprint density at radius 2 is 2.19 bits per heavy atom. The molecule has 5 nitrogen and oxygen atoms in total. The van der Waals surface area contributed by atoms with Gasteiger partial charge < -0.3 is 0 Å². The Morgan fingerprint density at radius 3 is 2.75 bits per heavy atom. The van der Waals surface area contributed by atoms with Gasteiger partial charge in [-0.1, -0.05) is 12.1 Å². The number of nitrogens with one attached hydrogen (secondary N) is 1. The highest BCUT2D eigenvalue weighted by Gasteiger charge is 2.28. The van der Waals surface area contributed by atoms with Crippen molar-refractivity contribution in [3.05, 3.63) is 39.9 Å². The van der Waals surface area contributed by atoms with Crippen molar-refractivity contribution in [3.8, 4) is 6.07 Å². The van der Waals surface area contributed by atoms with E-state index >= 15 is 0 Å². The van der Waals surface area contributed by atoms with Crippen molar-refractivity contribution in [2.75, 3.05) is 0 Å². The lowest BCUT2D eigenvalue weighted by molar-refractivity contribution is -0.385. The standard InChI is InChI=1S/C11H11N3O2/c12-7-10(13-8-5-6-8)9-3-1-2-4-11(9)14(15)16/h1-4,8,10,13H,5-6H2. The first-order chi connectivity index (χ1) is 7.72. The fourth-order valence-corrected chi connectivity index (χ4v) is 1.58. The molecule has 1 aromatic carbocycles. The molecule has 0 bridgehead atoms. The van der Waals surface area contributed by atoms with Gasteiger partial charge in [-0.3, -0.25) is 15.4 Å². The molecule has 1 aliphatic carbocycles. The smallest absolute Gasteiger partial charge is 0.275 e. The molecule has 0 radical (unpaired) electrons. The third-order valence-corrected chi connectivity index (χ3v) is 2.55. The van der Waals surface area contributed by atoms with Crippen LogP contribution in [0.1, 0.15) is 24.4 Å². The van der Waals surface area contributed by atoms with Gasteiger partial charge in [0, 0.05) is 12.1 Å². The lowest BCUT2D eigenvalue weighted by atomic mass is 10.1. The molecule has 5 heteroatoms. The van der Waals surface area contributed by atoms with Gasteiger partial charge in [-0.2, -0.15) is 5.26 Å². The summed E-state index contributed by atoms with van der Waals surface area (Å²) < 4.78 is 0. The average Bonchev–Trinajstić information content (AvgIpc) is 3.09. The molecule has 0 spiro atoms. The second kappa shape index (κ2) is 4.29. The van der Waals surface area contributed by atoms with Crippen molar-refractivity contribution in [2.45, 2.75) is 24.9 Å². The van der Waals surface area contributed by atoms with E-state index < -0.39 is 11.0 Å². The molecule has 1 saturated carbocycles. The minimum atomic E-state index is -0.589. The minimum absolute atomic E-state index is 0.00204. The molecular formula is C11H11N3O2. The summed E-state index contributed by atoms with van der Waals surface area (Å²) in [6.07, 6.45) is 2.08. The molecule has 0 aliphatic heterocycles. The Hall–Kier alpha value is -1.93. The number of benzene rings is 1. The van der Waals surface area contributed by atoms with Gasteiger partial charge in [0.2, 0.25) is 0 Å². The molecule has 82 valence electrons. The van der Waals surface area contributed by atoms with E-state index in [2.05, 4.69) is 11.4 Å². The van der Waals surface area contributed by atoms with Crippen molar-refractivity contribution < 1.29 is 4.92 Å². The van der Waals surface area contributed by atoms with Crippen molar-refractivity contribution in [1.29, 1.82) is 5.26 Å². The number of nitriles is 1. The molecule has 1 atom stereocenters. The first kappa shape index (κ1) is 10.6. The van der Waals surface area contributed by atoms with E-state index in [9.17, 15) is 10.1 Å². The Kier molecular flexibility index (Phi) is 2.84. The Morgan fingerprint density at radius 1 is 1.50 bits per heavy atom. The van der Waals surface area contributed by atoms with Crippen LogP contribution in [0.2, 0.25) is 0 Å². The third-order valence-electron chi connectivity index (χ3n) is 2.55. The van der Waals surface area contributed by atoms with Crippen LogP contribution < -0.4 is 5.32 Å². The van der Waals surface area contributed by atoms with Gasteiger partial charge in [0.25, 0.3) is 5.69 Å². The number of hydrogen-bond donors (Lipinski definition) is 1. The van der Waals surface area contributed by atoms with Gasteiger partial charge in [0.15, 0.2) is 0 Å². The number of nitro groups is 1.